The van der Waals surface area contributed by atoms with Gasteiger partial charge in [-0.2, -0.15) is 0 Å². The number of anilines is 1. The normalized spacial score (nSPS) is 16.8. The summed E-state index contributed by atoms with van der Waals surface area (Å²) in [6.07, 6.45) is 1.79. The van der Waals surface area contributed by atoms with E-state index in [0.717, 1.165) is 5.56 Å². The molecule has 0 spiro atoms. The highest BCUT2D eigenvalue weighted by Gasteiger charge is 2.40. The fraction of sp³-hybridized carbons (Fsp3) is 0.345. The lowest BCUT2D eigenvalue weighted by Gasteiger charge is -2.24. The molecule has 8 heteroatoms. The molecule has 1 aromatic heterocycles. The second-order valence-electron chi connectivity index (χ2n) is 10.2. The van der Waals surface area contributed by atoms with Crippen molar-refractivity contribution in [3.8, 4) is 0 Å². The molecule has 1 amide bonds. The van der Waals surface area contributed by atoms with Crippen LogP contribution in [0.15, 0.2) is 58.5 Å². The molecule has 0 aliphatic carbocycles. The maximum atomic E-state index is 14.5. The van der Waals surface area contributed by atoms with Crippen molar-refractivity contribution in [2.75, 3.05) is 5.32 Å². The number of nitrogens with zero attached hydrogens (tertiary/aromatic N) is 1. The Hall–Kier alpha value is -3.26. The van der Waals surface area contributed by atoms with Gasteiger partial charge in [0.2, 0.25) is 5.91 Å². The Kier molecular flexibility index (Phi) is 7.42. The van der Waals surface area contributed by atoms with Crippen LogP contribution in [0, 0.1) is 23.5 Å². The lowest BCUT2D eigenvalue weighted by molar-refractivity contribution is -0.118. The Morgan fingerprint density at radius 1 is 1.03 bits per heavy atom. The standard InChI is InChI=1S/C29H30F2N2O3S/c1-16(2)25(34)22-15-33(14-21-23(30)7-6-8-24(21)31)28-20(26(22)35)13-29(5,37-28)18-9-11-19(12-10-18)32-27(36)17(3)4/h6-12,15-17H,13-14H2,1-5H3,(H,32,36). The van der Waals surface area contributed by atoms with Crippen molar-refractivity contribution in [2.45, 2.75) is 57.4 Å². The summed E-state index contributed by atoms with van der Waals surface area (Å²) in [5.74, 6) is -2.31. The van der Waals surface area contributed by atoms with Crippen molar-refractivity contribution in [3.05, 3.63) is 92.8 Å². The Morgan fingerprint density at radius 2 is 1.65 bits per heavy atom. The van der Waals surface area contributed by atoms with Crippen LogP contribution in [0.1, 0.15) is 61.7 Å². The van der Waals surface area contributed by atoms with E-state index in [4.69, 9.17) is 0 Å². The molecule has 2 heterocycles. The number of aromatic nitrogens is 1. The number of hydrogen-bond acceptors (Lipinski definition) is 4. The van der Waals surface area contributed by atoms with Crippen LogP contribution in [0.3, 0.4) is 0 Å². The van der Waals surface area contributed by atoms with Gasteiger partial charge in [0.05, 0.1) is 17.1 Å². The van der Waals surface area contributed by atoms with E-state index in [1.807, 2.05) is 45.0 Å². The molecule has 0 bridgehead atoms. The van der Waals surface area contributed by atoms with Crippen molar-refractivity contribution in [3.63, 3.8) is 0 Å². The van der Waals surface area contributed by atoms with Crippen molar-refractivity contribution in [1.29, 1.82) is 0 Å². The number of benzene rings is 2. The topological polar surface area (TPSA) is 68.2 Å². The summed E-state index contributed by atoms with van der Waals surface area (Å²) in [6.45, 7) is 8.92. The Morgan fingerprint density at radius 3 is 2.22 bits per heavy atom. The first-order valence-corrected chi connectivity index (χ1v) is 13.1. The van der Waals surface area contributed by atoms with Gasteiger partial charge < -0.3 is 9.88 Å². The molecule has 1 atom stereocenters. The van der Waals surface area contributed by atoms with E-state index in [0.29, 0.717) is 22.7 Å². The van der Waals surface area contributed by atoms with E-state index in [1.165, 1.54) is 36.2 Å². The van der Waals surface area contributed by atoms with Gasteiger partial charge in [-0.05, 0) is 43.2 Å². The number of Topliss-reactive ketones (excluding diaryl/α,β-unsaturated/α-hetero) is 1. The molecule has 4 rings (SSSR count). The average Bonchev–Trinajstić information content (AvgIpc) is 3.22. The molecule has 0 fully saturated rings. The lowest BCUT2D eigenvalue weighted by atomic mass is 9.91. The summed E-state index contributed by atoms with van der Waals surface area (Å²) in [5.41, 5.74) is 1.63. The first-order chi connectivity index (χ1) is 17.4. The third kappa shape index (κ3) is 5.25. The van der Waals surface area contributed by atoms with Crippen LogP contribution in [0.25, 0.3) is 0 Å². The number of amides is 1. The molecule has 0 saturated heterocycles. The molecule has 3 aromatic rings. The summed E-state index contributed by atoms with van der Waals surface area (Å²) in [7, 11) is 0. The molecule has 1 unspecified atom stereocenters. The van der Waals surface area contributed by atoms with Gasteiger partial charge in [-0.25, -0.2) is 8.78 Å². The maximum Gasteiger partial charge on any atom is 0.226 e. The summed E-state index contributed by atoms with van der Waals surface area (Å²) in [5, 5.41) is 3.46. The predicted molar refractivity (Wildman–Crippen MR) is 142 cm³/mol. The van der Waals surface area contributed by atoms with E-state index in [1.54, 1.807) is 18.4 Å². The fourth-order valence-electron chi connectivity index (χ4n) is 4.38. The number of carbonyl (C=O) groups excluding carboxylic acids is 2. The number of fused-ring (bicyclic) bond motifs is 1. The SMILES string of the molecule is CC(C)C(=O)Nc1ccc(C2(C)Cc3c(n(Cc4c(F)cccc4F)cc(C(=O)C(C)C)c3=O)S2)cc1. The van der Waals surface area contributed by atoms with Gasteiger partial charge in [-0.3, -0.25) is 14.4 Å². The average molecular weight is 525 g/mol. The smallest absolute Gasteiger partial charge is 0.226 e. The van der Waals surface area contributed by atoms with Gasteiger partial charge in [-0.15, -0.1) is 0 Å². The molecule has 1 aliphatic heterocycles. The number of hydrogen-bond donors (Lipinski definition) is 1. The summed E-state index contributed by atoms with van der Waals surface area (Å²) < 4.78 is 30.1. The van der Waals surface area contributed by atoms with Gasteiger partial charge in [0.25, 0.3) is 0 Å². The van der Waals surface area contributed by atoms with Crippen LogP contribution in [0.2, 0.25) is 0 Å². The zero-order valence-corrected chi connectivity index (χ0v) is 22.3. The minimum absolute atomic E-state index is 0.0297. The van der Waals surface area contributed by atoms with Crippen molar-refractivity contribution in [1.82, 2.24) is 4.57 Å². The molecule has 1 aliphatic rings. The van der Waals surface area contributed by atoms with Crippen molar-refractivity contribution < 1.29 is 18.4 Å². The number of nitrogens with one attached hydrogen (secondary N) is 1. The Bertz CT molecular complexity index is 1410. The van der Waals surface area contributed by atoms with Gasteiger partial charge >= 0.3 is 0 Å². The maximum absolute atomic E-state index is 14.5. The minimum atomic E-state index is -0.686. The zero-order chi connectivity index (χ0) is 27.1. The van der Waals surface area contributed by atoms with Crippen LogP contribution in [0.4, 0.5) is 14.5 Å². The molecule has 0 saturated carbocycles. The third-order valence-electron chi connectivity index (χ3n) is 6.63. The molecular weight excluding hydrogens is 494 g/mol. The van der Waals surface area contributed by atoms with Gasteiger partial charge in [0, 0.05) is 39.6 Å². The lowest BCUT2D eigenvalue weighted by Crippen LogP contribution is -2.26. The largest absolute Gasteiger partial charge is 0.337 e. The highest BCUT2D eigenvalue weighted by atomic mass is 32.2. The van der Waals surface area contributed by atoms with E-state index >= 15 is 0 Å². The number of ketones is 1. The van der Waals surface area contributed by atoms with E-state index in [-0.39, 0.29) is 40.7 Å². The molecular formula is C29H30F2N2O3S. The summed E-state index contributed by atoms with van der Waals surface area (Å²) in [6, 6.07) is 11.1. The molecule has 5 nitrogen and oxygen atoms in total. The molecule has 2 aromatic carbocycles. The fourth-order valence-corrected chi connectivity index (χ4v) is 5.80. The third-order valence-corrected chi connectivity index (χ3v) is 8.13. The highest BCUT2D eigenvalue weighted by Crippen LogP contribution is 2.50. The van der Waals surface area contributed by atoms with Crippen LogP contribution in [0.5, 0.6) is 0 Å². The highest BCUT2D eigenvalue weighted by molar-refractivity contribution is 8.00. The van der Waals surface area contributed by atoms with Crippen molar-refractivity contribution >= 4 is 29.1 Å². The molecule has 37 heavy (non-hydrogen) atoms. The quantitative estimate of drug-likeness (QED) is 0.375. The minimum Gasteiger partial charge on any atom is -0.337 e. The van der Waals surface area contributed by atoms with E-state index in [9.17, 15) is 23.2 Å². The monoisotopic (exact) mass is 524 g/mol. The second kappa shape index (κ2) is 10.2. The van der Waals surface area contributed by atoms with Gasteiger partial charge in [0.1, 0.15) is 11.6 Å². The van der Waals surface area contributed by atoms with Crippen molar-refractivity contribution in [2.24, 2.45) is 11.8 Å². The second-order valence-corrected chi connectivity index (χ2v) is 11.7. The summed E-state index contributed by atoms with van der Waals surface area (Å²) >= 11 is 1.44. The molecule has 1 N–H and O–H groups in total. The van der Waals surface area contributed by atoms with Crippen LogP contribution >= 0.6 is 11.8 Å². The first kappa shape index (κ1) is 26.8. The van der Waals surface area contributed by atoms with Crippen LogP contribution in [-0.4, -0.2) is 16.3 Å². The van der Waals surface area contributed by atoms with E-state index in [2.05, 4.69) is 5.32 Å². The predicted octanol–water partition coefficient (Wildman–Crippen LogP) is 6.17. The Labute approximate surface area is 219 Å². The molecule has 194 valence electrons. The van der Waals surface area contributed by atoms with Crippen LogP contribution < -0.4 is 10.7 Å². The number of thioether (sulfide) groups is 1. The number of rotatable bonds is 7. The molecule has 0 radical (unpaired) electrons. The summed E-state index contributed by atoms with van der Waals surface area (Å²) in [4.78, 5) is 38.4. The number of halogens is 2. The number of carbonyl (C=O) groups is 2. The Balaban J connectivity index is 1.76. The van der Waals surface area contributed by atoms with Crippen LogP contribution in [-0.2, 0) is 22.5 Å². The first-order valence-electron chi connectivity index (χ1n) is 12.2. The number of pyridine rings is 1. The van der Waals surface area contributed by atoms with E-state index < -0.39 is 22.3 Å². The zero-order valence-electron chi connectivity index (χ0n) is 21.5. The van der Waals surface area contributed by atoms with Gasteiger partial charge in [-0.1, -0.05) is 57.7 Å². The van der Waals surface area contributed by atoms with Gasteiger partial charge in [0.15, 0.2) is 11.2 Å².